The molecule has 1 aromatic carbocycles. The molecule has 0 saturated carbocycles. The van der Waals surface area contributed by atoms with Crippen LogP contribution in [0, 0.1) is 0 Å². The number of amides is 1. The summed E-state index contributed by atoms with van der Waals surface area (Å²) < 4.78 is 10.5. The minimum Gasteiger partial charge on any atom is -0.493 e. The number of nitrogens with one attached hydrogen (secondary N) is 1. The molecule has 0 aromatic heterocycles. The van der Waals surface area contributed by atoms with Gasteiger partial charge in [0.1, 0.15) is 0 Å². The van der Waals surface area contributed by atoms with Crippen molar-refractivity contribution in [1.82, 2.24) is 5.32 Å². The third-order valence-electron chi connectivity index (χ3n) is 2.87. The molecule has 0 radical (unpaired) electrons. The van der Waals surface area contributed by atoms with Gasteiger partial charge < -0.3 is 20.5 Å². The number of benzene rings is 1. The van der Waals surface area contributed by atoms with E-state index in [4.69, 9.17) is 15.2 Å². The van der Waals surface area contributed by atoms with E-state index in [1.54, 1.807) is 14.2 Å². The zero-order valence-corrected chi connectivity index (χ0v) is 13.0. The van der Waals surface area contributed by atoms with Crippen LogP contribution in [0.2, 0.25) is 0 Å². The van der Waals surface area contributed by atoms with E-state index in [0.717, 1.165) is 12.0 Å². The van der Waals surface area contributed by atoms with E-state index in [1.807, 2.05) is 25.1 Å². The van der Waals surface area contributed by atoms with E-state index in [9.17, 15) is 4.79 Å². The molecule has 1 amide bonds. The Bertz CT molecular complexity index is 427. The van der Waals surface area contributed by atoms with Crippen molar-refractivity contribution >= 4 is 18.3 Å². The summed E-state index contributed by atoms with van der Waals surface area (Å²) in [5, 5.41) is 2.81. The summed E-state index contributed by atoms with van der Waals surface area (Å²) in [5.74, 6) is 1.13. The molecule has 1 aromatic rings. The van der Waals surface area contributed by atoms with Crippen molar-refractivity contribution in [3.05, 3.63) is 23.8 Å². The third-order valence-corrected chi connectivity index (χ3v) is 2.87. The Morgan fingerprint density at radius 3 is 2.60 bits per heavy atom. The fourth-order valence-corrected chi connectivity index (χ4v) is 1.85. The maximum Gasteiger partial charge on any atom is 0.237 e. The number of methoxy groups -OCH3 is 2. The number of carbonyl (C=O) groups is 1. The molecular weight excluding hydrogens is 280 g/mol. The summed E-state index contributed by atoms with van der Waals surface area (Å²) in [6.45, 7) is 2.37. The second-order valence-corrected chi connectivity index (χ2v) is 4.27. The maximum atomic E-state index is 11.8. The van der Waals surface area contributed by atoms with Crippen LogP contribution in [0.15, 0.2) is 18.2 Å². The summed E-state index contributed by atoms with van der Waals surface area (Å²) in [5.41, 5.74) is 6.61. The van der Waals surface area contributed by atoms with E-state index >= 15 is 0 Å². The van der Waals surface area contributed by atoms with Crippen molar-refractivity contribution in [1.29, 1.82) is 0 Å². The Balaban J connectivity index is 0.00000361. The number of nitrogens with two attached hydrogens (primary N) is 1. The lowest BCUT2D eigenvalue weighted by Gasteiger charge is -2.15. The van der Waals surface area contributed by atoms with Gasteiger partial charge in [-0.25, -0.2) is 0 Å². The summed E-state index contributed by atoms with van der Waals surface area (Å²) in [6.07, 6.45) is 1.57. The third kappa shape index (κ3) is 4.90. The lowest BCUT2D eigenvalue weighted by molar-refractivity contribution is -0.122. The molecule has 6 heteroatoms. The van der Waals surface area contributed by atoms with Gasteiger partial charge in [0.15, 0.2) is 11.5 Å². The average Bonchev–Trinajstić information content (AvgIpc) is 2.44. The van der Waals surface area contributed by atoms with E-state index in [1.165, 1.54) is 0 Å². The van der Waals surface area contributed by atoms with Gasteiger partial charge in [-0.05, 0) is 12.5 Å². The minimum absolute atomic E-state index is 0. The Labute approximate surface area is 126 Å². The zero-order chi connectivity index (χ0) is 14.3. The molecule has 1 atom stereocenters. The average molecular weight is 303 g/mol. The second-order valence-electron chi connectivity index (χ2n) is 4.27. The molecule has 114 valence electrons. The monoisotopic (exact) mass is 302 g/mol. The largest absolute Gasteiger partial charge is 0.493 e. The van der Waals surface area contributed by atoms with E-state index in [-0.39, 0.29) is 18.3 Å². The van der Waals surface area contributed by atoms with Gasteiger partial charge in [-0.2, -0.15) is 0 Å². The molecule has 0 aliphatic carbocycles. The van der Waals surface area contributed by atoms with E-state index in [2.05, 4.69) is 5.32 Å². The van der Waals surface area contributed by atoms with Gasteiger partial charge in [0.05, 0.1) is 20.3 Å². The van der Waals surface area contributed by atoms with Gasteiger partial charge in [-0.1, -0.05) is 25.5 Å². The molecule has 0 bridgehead atoms. The van der Waals surface area contributed by atoms with Gasteiger partial charge in [0.2, 0.25) is 5.91 Å². The summed E-state index contributed by atoms with van der Waals surface area (Å²) in [6, 6.07) is 5.09. The van der Waals surface area contributed by atoms with Crippen LogP contribution in [0.25, 0.3) is 0 Å². The first-order valence-corrected chi connectivity index (χ1v) is 6.37. The number of hydrogen-bond donors (Lipinski definition) is 2. The highest BCUT2D eigenvalue weighted by atomic mass is 35.5. The van der Waals surface area contributed by atoms with Gasteiger partial charge in [0, 0.05) is 12.1 Å². The van der Waals surface area contributed by atoms with Crippen LogP contribution < -0.4 is 20.5 Å². The predicted octanol–water partition coefficient (Wildman–Crippen LogP) is 1.87. The van der Waals surface area contributed by atoms with Crippen molar-refractivity contribution in [2.24, 2.45) is 5.73 Å². The molecule has 0 aliphatic rings. The Hall–Kier alpha value is -1.46. The number of halogens is 1. The lowest BCUT2D eigenvalue weighted by atomic mass is 10.1. The number of ether oxygens (including phenoxy) is 2. The predicted molar refractivity (Wildman–Crippen MR) is 81.5 cm³/mol. The van der Waals surface area contributed by atoms with Crippen molar-refractivity contribution in [2.75, 3.05) is 14.2 Å². The molecule has 0 fully saturated rings. The number of hydrogen-bond acceptors (Lipinski definition) is 4. The van der Waals surface area contributed by atoms with Crippen LogP contribution >= 0.6 is 12.4 Å². The van der Waals surface area contributed by atoms with Crippen LogP contribution in [0.1, 0.15) is 25.3 Å². The van der Waals surface area contributed by atoms with E-state index < -0.39 is 6.04 Å². The Kier molecular flexibility index (Phi) is 8.76. The van der Waals surface area contributed by atoms with Gasteiger partial charge in [-0.3, -0.25) is 4.79 Å². The second kappa shape index (κ2) is 9.44. The summed E-state index contributed by atoms with van der Waals surface area (Å²) >= 11 is 0. The zero-order valence-electron chi connectivity index (χ0n) is 12.1. The topological polar surface area (TPSA) is 73.6 Å². The van der Waals surface area contributed by atoms with Crippen LogP contribution in [-0.4, -0.2) is 26.2 Å². The fourth-order valence-electron chi connectivity index (χ4n) is 1.85. The van der Waals surface area contributed by atoms with Crippen LogP contribution in [0.3, 0.4) is 0 Å². The van der Waals surface area contributed by atoms with Crippen molar-refractivity contribution in [2.45, 2.75) is 32.4 Å². The van der Waals surface area contributed by atoms with Crippen LogP contribution in [0.5, 0.6) is 11.5 Å². The van der Waals surface area contributed by atoms with Gasteiger partial charge in [0.25, 0.3) is 0 Å². The number of carbonyl (C=O) groups excluding carboxylic acids is 1. The Morgan fingerprint density at radius 1 is 1.35 bits per heavy atom. The number of rotatable bonds is 7. The highest BCUT2D eigenvalue weighted by molar-refractivity contribution is 5.85. The van der Waals surface area contributed by atoms with Crippen molar-refractivity contribution < 1.29 is 14.3 Å². The SMILES string of the molecule is CCCC(N)C(=O)NCc1cccc(OC)c1OC.Cl. The summed E-state index contributed by atoms with van der Waals surface area (Å²) in [4.78, 5) is 11.8. The highest BCUT2D eigenvalue weighted by Gasteiger charge is 2.14. The summed E-state index contributed by atoms with van der Waals surface area (Å²) in [7, 11) is 3.16. The molecule has 3 N–H and O–H groups in total. The van der Waals surface area contributed by atoms with Gasteiger partial charge >= 0.3 is 0 Å². The minimum atomic E-state index is -0.457. The quantitative estimate of drug-likeness (QED) is 0.806. The van der Waals surface area contributed by atoms with E-state index in [0.29, 0.717) is 24.5 Å². The fraction of sp³-hybridized carbons (Fsp3) is 0.500. The molecule has 0 spiro atoms. The first kappa shape index (κ1) is 18.5. The normalized spacial score (nSPS) is 11.2. The standard InChI is InChI=1S/C14H22N2O3.ClH/c1-4-6-11(15)14(17)16-9-10-7-5-8-12(18-2)13(10)19-3;/h5,7-8,11H,4,6,9,15H2,1-3H3,(H,16,17);1H. The van der Waals surface area contributed by atoms with Crippen molar-refractivity contribution in [3.63, 3.8) is 0 Å². The molecule has 1 rings (SSSR count). The molecule has 0 aliphatic heterocycles. The highest BCUT2D eigenvalue weighted by Crippen LogP contribution is 2.30. The van der Waals surface area contributed by atoms with Crippen LogP contribution in [0.4, 0.5) is 0 Å². The maximum absolute atomic E-state index is 11.8. The number of para-hydroxylation sites is 1. The molecule has 0 heterocycles. The van der Waals surface area contributed by atoms with Crippen molar-refractivity contribution in [3.8, 4) is 11.5 Å². The molecule has 1 unspecified atom stereocenters. The molecular formula is C14H23ClN2O3. The Morgan fingerprint density at radius 2 is 2.05 bits per heavy atom. The van der Waals surface area contributed by atoms with Crippen LogP contribution in [-0.2, 0) is 11.3 Å². The molecule has 20 heavy (non-hydrogen) atoms. The van der Waals surface area contributed by atoms with Gasteiger partial charge in [-0.15, -0.1) is 12.4 Å². The first-order chi connectivity index (χ1) is 9.13. The molecule has 0 saturated heterocycles. The lowest BCUT2D eigenvalue weighted by Crippen LogP contribution is -2.40. The molecule has 5 nitrogen and oxygen atoms in total. The smallest absolute Gasteiger partial charge is 0.237 e. The first-order valence-electron chi connectivity index (χ1n) is 6.37.